The molecule has 1 aromatic rings. The number of likely N-dealkylation sites (tertiary alicyclic amines) is 1. The fourth-order valence-corrected chi connectivity index (χ4v) is 2.01. The van der Waals surface area contributed by atoms with Crippen molar-refractivity contribution in [2.75, 3.05) is 6.54 Å². The second-order valence-corrected chi connectivity index (χ2v) is 4.14. The van der Waals surface area contributed by atoms with Crippen LogP contribution in [0.15, 0.2) is 30.3 Å². The molecule has 1 heterocycles. The van der Waals surface area contributed by atoms with E-state index in [0.717, 1.165) is 24.9 Å². The first-order valence-corrected chi connectivity index (χ1v) is 5.42. The summed E-state index contributed by atoms with van der Waals surface area (Å²) in [5, 5.41) is 19.6. The molecule has 0 amide bonds. The van der Waals surface area contributed by atoms with E-state index in [4.69, 9.17) is 0 Å². The van der Waals surface area contributed by atoms with Crippen LogP contribution in [-0.2, 0) is 6.54 Å². The van der Waals surface area contributed by atoms with Crippen LogP contribution in [0.1, 0.15) is 24.8 Å². The van der Waals surface area contributed by atoms with E-state index in [1.165, 1.54) is 0 Å². The Balaban J connectivity index is 0.00000128. The van der Waals surface area contributed by atoms with Crippen LogP contribution >= 0.6 is 17.0 Å². The molecule has 0 aliphatic carbocycles. The van der Waals surface area contributed by atoms with Crippen LogP contribution in [0, 0.1) is 0 Å². The van der Waals surface area contributed by atoms with Gasteiger partial charge in [0.1, 0.15) is 0 Å². The maximum absolute atomic E-state index is 9.78. The lowest BCUT2D eigenvalue weighted by atomic mass is 10.1. The van der Waals surface area contributed by atoms with Crippen molar-refractivity contribution in [3.8, 4) is 0 Å². The third-order valence-corrected chi connectivity index (χ3v) is 2.91. The van der Waals surface area contributed by atoms with Gasteiger partial charge in [-0.15, -0.1) is 17.0 Å². The van der Waals surface area contributed by atoms with Gasteiger partial charge < -0.3 is 10.2 Å². The quantitative estimate of drug-likeness (QED) is 0.817. The molecule has 1 aliphatic heterocycles. The Morgan fingerprint density at radius 3 is 2.44 bits per heavy atom. The van der Waals surface area contributed by atoms with Gasteiger partial charge in [0.05, 0.1) is 0 Å². The fourth-order valence-electron chi connectivity index (χ4n) is 2.01. The summed E-state index contributed by atoms with van der Waals surface area (Å²) in [7, 11) is 0. The largest absolute Gasteiger partial charge is 0.353 e. The molecule has 0 radical (unpaired) electrons. The van der Waals surface area contributed by atoms with E-state index in [-0.39, 0.29) is 17.0 Å². The molecule has 1 fully saturated rings. The molecule has 16 heavy (non-hydrogen) atoms. The molecule has 0 saturated carbocycles. The van der Waals surface area contributed by atoms with Gasteiger partial charge in [-0.3, -0.25) is 0 Å². The van der Waals surface area contributed by atoms with Crippen molar-refractivity contribution in [3.63, 3.8) is 0 Å². The Morgan fingerprint density at radius 1 is 1.12 bits per heavy atom. The zero-order valence-electron chi connectivity index (χ0n) is 9.17. The van der Waals surface area contributed by atoms with Crippen LogP contribution in [0.2, 0.25) is 0 Å². The highest BCUT2D eigenvalue weighted by atomic mass is 79.9. The zero-order valence-corrected chi connectivity index (χ0v) is 10.9. The Labute approximate surface area is 106 Å². The molecular formula is C12H18BrNO2. The number of rotatable bonds is 2. The average molecular weight is 288 g/mol. The van der Waals surface area contributed by atoms with Crippen molar-refractivity contribution in [1.29, 1.82) is 0 Å². The number of aliphatic hydroxyl groups is 2. The van der Waals surface area contributed by atoms with Crippen LogP contribution in [0.4, 0.5) is 0 Å². The van der Waals surface area contributed by atoms with Gasteiger partial charge in [-0.2, -0.15) is 0 Å². The zero-order chi connectivity index (χ0) is 10.7. The smallest absolute Gasteiger partial charge is 0.225 e. The molecule has 1 aromatic carbocycles. The van der Waals surface area contributed by atoms with Gasteiger partial charge >= 0.3 is 0 Å². The number of nitrogens with zero attached hydrogens (tertiary/aromatic N) is 1. The first-order chi connectivity index (χ1) is 7.18. The van der Waals surface area contributed by atoms with Crippen LogP contribution in [0.25, 0.3) is 0 Å². The summed E-state index contributed by atoms with van der Waals surface area (Å²) < 4.78 is 0. The lowest BCUT2D eigenvalue weighted by Crippen LogP contribution is -2.51. The van der Waals surface area contributed by atoms with Gasteiger partial charge in [0.15, 0.2) is 0 Å². The molecule has 0 unspecified atom stereocenters. The van der Waals surface area contributed by atoms with Gasteiger partial charge in [-0.25, -0.2) is 4.90 Å². The summed E-state index contributed by atoms with van der Waals surface area (Å²) in [5.74, 6) is -1.62. The van der Waals surface area contributed by atoms with E-state index < -0.39 is 5.91 Å². The molecule has 90 valence electrons. The minimum atomic E-state index is -1.62. The maximum atomic E-state index is 9.78. The average Bonchev–Trinajstić information content (AvgIpc) is 2.23. The summed E-state index contributed by atoms with van der Waals surface area (Å²) in [6.07, 6.45) is 2.37. The van der Waals surface area contributed by atoms with Gasteiger partial charge in [-0.05, 0) is 18.4 Å². The molecule has 2 N–H and O–H groups in total. The van der Waals surface area contributed by atoms with Crippen LogP contribution in [0.5, 0.6) is 0 Å². The lowest BCUT2D eigenvalue weighted by Gasteiger charge is -2.38. The molecule has 0 bridgehead atoms. The molecule has 0 spiro atoms. The molecule has 1 saturated heterocycles. The number of hydrogen-bond acceptors (Lipinski definition) is 3. The predicted octanol–water partition coefficient (Wildman–Crippen LogP) is 1.89. The monoisotopic (exact) mass is 287 g/mol. The maximum Gasteiger partial charge on any atom is 0.225 e. The van der Waals surface area contributed by atoms with Crippen molar-refractivity contribution < 1.29 is 10.2 Å². The van der Waals surface area contributed by atoms with Crippen LogP contribution < -0.4 is 0 Å². The Kier molecular flexibility index (Phi) is 4.92. The molecular weight excluding hydrogens is 270 g/mol. The highest BCUT2D eigenvalue weighted by molar-refractivity contribution is 8.93. The second-order valence-electron chi connectivity index (χ2n) is 4.14. The minimum Gasteiger partial charge on any atom is -0.353 e. The van der Waals surface area contributed by atoms with Gasteiger partial charge in [0.25, 0.3) is 0 Å². The minimum absolute atomic E-state index is 0. The molecule has 0 atom stereocenters. The number of benzene rings is 1. The highest BCUT2D eigenvalue weighted by Gasteiger charge is 2.34. The van der Waals surface area contributed by atoms with Crippen molar-refractivity contribution in [3.05, 3.63) is 35.9 Å². The van der Waals surface area contributed by atoms with E-state index in [1.807, 2.05) is 30.3 Å². The standard InChI is InChI=1S/C12H17NO2.BrH/c14-12(15)8-4-5-9-13(12)10-11-6-2-1-3-7-11;/h1-3,6-7,14-15H,4-5,8-10H2;1H. The summed E-state index contributed by atoms with van der Waals surface area (Å²) >= 11 is 0. The molecule has 0 aromatic heterocycles. The highest BCUT2D eigenvalue weighted by Crippen LogP contribution is 2.24. The summed E-state index contributed by atoms with van der Waals surface area (Å²) in [5.41, 5.74) is 1.12. The summed E-state index contributed by atoms with van der Waals surface area (Å²) in [6.45, 7) is 1.36. The number of hydrogen-bond donors (Lipinski definition) is 2. The van der Waals surface area contributed by atoms with Crippen molar-refractivity contribution >= 4 is 17.0 Å². The third-order valence-electron chi connectivity index (χ3n) is 2.91. The van der Waals surface area contributed by atoms with E-state index in [0.29, 0.717) is 13.0 Å². The summed E-state index contributed by atoms with van der Waals surface area (Å²) in [6, 6.07) is 9.91. The summed E-state index contributed by atoms with van der Waals surface area (Å²) in [4.78, 5) is 1.73. The number of piperidine rings is 1. The SMILES string of the molecule is Br.OC1(O)CCCCN1Cc1ccccc1. The molecule has 2 rings (SSSR count). The molecule has 1 aliphatic rings. The van der Waals surface area contributed by atoms with Crippen LogP contribution in [-0.4, -0.2) is 27.6 Å². The topological polar surface area (TPSA) is 43.7 Å². The third kappa shape index (κ3) is 3.28. The lowest BCUT2D eigenvalue weighted by molar-refractivity contribution is -0.282. The van der Waals surface area contributed by atoms with Gasteiger partial charge in [0, 0.05) is 19.5 Å². The first kappa shape index (κ1) is 13.6. The number of halogens is 1. The van der Waals surface area contributed by atoms with Gasteiger partial charge in [-0.1, -0.05) is 30.3 Å². The van der Waals surface area contributed by atoms with Gasteiger partial charge in [0.2, 0.25) is 5.91 Å². The fraction of sp³-hybridized carbons (Fsp3) is 0.500. The Bertz CT molecular complexity index is 316. The molecule has 3 nitrogen and oxygen atoms in total. The first-order valence-electron chi connectivity index (χ1n) is 5.42. The molecule has 4 heteroatoms. The van der Waals surface area contributed by atoms with Crippen molar-refractivity contribution in [2.45, 2.75) is 31.7 Å². The van der Waals surface area contributed by atoms with E-state index in [2.05, 4.69) is 0 Å². The second kappa shape index (κ2) is 5.77. The van der Waals surface area contributed by atoms with Crippen LogP contribution in [0.3, 0.4) is 0 Å². The van der Waals surface area contributed by atoms with E-state index in [9.17, 15) is 10.2 Å². The van der Waals surface area contributed by atoms with Crippen molar-refractivity contribution in [2.24, 2.45) is 0 Å². The normalized spacial score (nSPS) is 20.1. The van der Waals surface area contributed by atoms with E-state index in [1.54, 1.807) is 4.90 Å². The van der Waals surface area contributed by atoms with E-state index >= 15 is 0 Å². The van der Waals surface area contributed by atoms with Crippen molar-refractivity contribution in [1.82, 2.24) is 4.90 Å². The Morgan fingerprint density at radius 2 is 1.81 bits per heavy atom. The predicted molar refractivity (Wildman–Crippen MR) is 68.2 cm³/mol. The Hall–Kier alpha value is -0.420.